The van der Waals surface area contributed by atoms with Crippen molar-refractivity contribution in [2.24, 2.45) is 0 Å². The summed E-state index contributed by atoms with van der Waals surface area (Å²) in [6.07, 6.45) is 2.64. The van der Waals surface area contributed by atoms with Crippen molar-refractivity contribution in [2.75, 3.05) is 31.7 Å². The first-order valence-electron chi connectivity index (χ1n) is 10.8. The molecule has 0 aliphatic carbocycles. The summed E-state index contributed by atoms with van der Waals surface area (Å²) < 4.78 is 11.4. The monoisotopic (exact) mass is 420 g/mol. The fourth-order valence-electron chi connectivity index (χ4n) is 4.01. The number of hydrogen-bond donors (Lipinski definition) is 0. The van der Waals surface area contributed by atoms with Gasteiger partial charge in [-0.15, -0.1) is 0 Å². The Labute approximate surface area is 183 Å². The molecule has 0 N–H and O–H groups in total. The van der Waals surface area contributed by atoms with Crippen molar-refractivity contribution in [2.45, 2.75) is 32.3 Å². The van der Waals surface area contributed by atoms with Crippen LogP contribution in [-0.4, -0.2) is 49.6 Å². The van der Waals surface area contributed by atoms with Crippen LogP contribution >= 0.6 is 0 Å². The summed E-state index contributed by atoms with van der Waals surface area (Å²) in [7, 11) is 1.82. The second kappa shape index (κ2) is 9.35. The lowest BCUT2D eigenvalue weighted by atomic mass is 10.0. The van der Waals surface area contributed by atoms with Crippen molar-refractivity contribution in [1.29, 1.82) is 0 Å². The first-order chi connectivity index (χ1) is 15.1. The molecule has 2 aliphatic rings. The average molecular weight is 421 g/mol. The maximum atomic E-state index is 13.4. The molecule has 2 amide bonds. The van der Waals surface area contributed by atoms with Gasteiger partial charge in [0.1, 0.15) is 11.4 Å². The summed E-state index contributed by atoms with van der Waals surface area (Å²) in [6, 6.07) is 17.0. The van der Waals surface area contributed by atoms with Crippen molar-refractivity contribution in [1.82, 2.24) is 4.90 Å². The van der Waals surface area contributed by atoms with E-state index in [-0.39, 0.29) is 24.5 Å². The number of rotatable bonds is 8. The summed E-state index contributed by atoms with van der Waals surface area (Å²) >= 11 is 0. The van der Waals surface area contributed by atoms with E-state index in [0.717, 1.165) is 30.7 Å². The number of para-hydroxylation sites is 1. The molecule has 0 saturated carbocycles. The van der Waals surface area contributed by atoms with E-state index in [1.165, 1.54) is 4.90 Å². The molecule has 0 radical (unpaired) electrons. The van der Waals surface area contributed by atoms with E-state index in [1.54, 1.807) is 4.90 Å². The Morgan fingerprint density at radius 1 is 1.06 bits per heavy atom. The van der Waals surface area contributed by atoms with Crippen LogP contribution in [-0.2, 0) is 14.3 Å². The van der Waals surface area contributed by atoms with Crippen molar-refractivity contribution < 1.29 is 19.1 Å². The quantitative estimate of drug-likeness (QED) is 0.607. The predicted molar refractivity (Wildman–Crippen MR) is 120 cm³/mol. The van der Waals surface area contributed by atoms with E-state index >= 15 is 0 Å². The Morgan fingerprint density at radius 3 is 2.45 bits per heavy atom. The number of imide groups is 1. The molecule has 1 unspecified atom stereocenters. The Bertz CT molecular complexity index is 963. The van der Waals surface area contributed by atoms with E-state index < -0.39 is 0 Å². The smallest absolute Gasteiger partial charge is 0.278 e. The molecule has 1 atom stereocenters. The Balaban J connectivity index is 1.70. The molecule has 1 fully saturated rings. The highest BCUT2D eigenvalue weighted by atomic mass is 16.5. The van der Waals surface area contributed by atoms with Crippen LogP contribution in [0.25, 0.3) is 5.57 Å². The largest absolute Gasteiger partial charge is 0.494 e. The second-order valence-electron chi connectivity index (χ2n) is 7.85. The topological polar surface area (TPSA) is 59.1 Å². The first-order valence-corrected chi connectivity index (χ1v) is 10.8. The molecule has 162 valence electrons. The highest BCUT2D eigenvalue weighted by Crippen LogP contribution is 2.34. The third-order valence-corrected chi connectivity index (χ3v) is 5.65. The zero-order chi connectivity index (χ0) is 21.8. The molecule has 2 aliphatic heterocycles. The number of ether oxygens (including phenoxy) is 2. The normalized spacial score (nSPS) is 18.8. The van der Waals surface area contributed by atoms with Gasteiger partial charge in [0.25, 0.3) is 11.8 Å². The minimum atomic E-state index is -0.284. The third-order valence-electron chi connectivity index (χ3n) is 5.65. The number of benzene rings is 2. The van der Waals surface area contributed by atoms with Crippen LogP contribution in [0.3, 0.4) is 0 Å². The highest BCUT2D eigenvalue weighted by molar-refractivity contribution is 6.36. The van der Waals surface area contributed by atoms with Gasteiger partial charge in [-0.3, -0.25) is 14.5 Å². The van der Waals surface area contributed by atoms with Gasteiger partial charge in [-0.2, -0.15) is 0 Å². The Morgan fingerprint density at radius 2 is 1.81 bits per heavy atom. The molecule has 4 rings (SSSR count). The number of anilines is 1. The van der Waals surface area contributed by atoms with Crippen LogP contribution < -0.4 is 9.64 Å². The molecule has 2 aromatic carbocycles. The molecule has 1 saturated heterocycles. The summed E-state index contributed by atoms with van der Waals surface area (Å²) in [4.78, 5) is 30.0. The lowest BCUT2D eigenvalue weighted by Gasteiger charge is -2.22. The molecular formula is C25H28N2O4. The molecule has 0 bridgehead atoms. The van der Waals surface area contributed by atoms with Crippen LogP contribution in [0.5, 0.6) is 5.75 Å². The zero-order valence-electron chi connectivity index (χ0n) is 18.0. The number of likely N-dealkylation sites (N-methyl/N-ethyl adjacent to an activating group) is 1. The third kappa shape index (κ3) is 4.35. The van der Waals surface area contributed by atoms with Crippen molar-refractivity contribution >= 4 is 23.1 Å². The molecule has 0 aromatic heterocycles. The van der Waals surface area contributed by atoms with Gasteiger partial charge in [-0.1, -0.05) is 37.3 Å². The first kappa shape index (κ1) is 21.1. The van der Waals surface area contributed by atoms with Gasteiger partial charge in [-0.25, -0.2) is 0 Å². The minimum Gasteiger partial charge on any atom is -0.494 e. The number of hydrogen-bond acceptors (Lipinski definition) is 5. The van der Waals surface area contributed by atoms with E-state index in [1.807, 2.05) is 61.6 Å². The number of nitrogens with zero attached hydrogens (tertiary/aromatic N) is 2. The van der Waals surface area contributed by atoms with Gasteiger partial charge in [0.2, 0.25) is 0 Å². The van der Waals surface area contributed by atoms with Crippen LogP contribution in [0.2, 0.25) is 0 Å². The summed E-state index contributed by atoms with van der Waals surface area (Å²) in [5.74, 6) is 0.186. The number of carbonyl (C=O) groups is 2. The second-order valence-corrected chi connectivity index (χ2v) is 7.85. The lowest BCUT2D eigenvalue weighted by Crippen LogP contribution is -2.39. The number of carbonyl (C=O) groups excluding carboxylic acids is 2. The molecular weight excluding hydrogens is 392 g/mol. The Hall–Kier alpha value is -3.12. The van der Waals surface area contributed by atoms with Gasteiger partial charge in [0.15, 0.2) is 0 Å². The molecule has 2 heterocycles. The van der Waals surface area contributed by atoms with Gasteiger partial charge in [0.05, 0.1) is 24.8 Å². The van der Waals surface area contributed by atoms with E-state index in [9.17, 15) is 9.59 Å². The molecule has 0 spiro atoms. The van der Waals surface area contributed by atoms with Gasteiger partial charge < -0.3 is 14.4 Å². The standard InChI is InChI=1S/C25H28N2O4/c1-3-15-30-20-13-11-18(12-14-20)22-23(26(2)19-8-5-4-6-9-19)25(29)27(24(22)28)17-21-10-7-16-31-21/h4-6,8-9,11-14,21H,3,7,10,15-17H2,1-2H3. The Kier molecular flexibility index (Phi) is 6.37. The van der Waals surface area contributed by atoms with Crippen LogP contribution in [0.4, 0.5) is 5.69 Å². The molecule has 6 heteroatoms. The molecule has 6 nitrogen and oxygen atoms in total. The van der Waals surface area contributed by atoms with E-state index in [0.29, 0.717) is 30.0 Å². The lowest BCUT2D eigenvalue weighted by molar-refractivity contribution is -0.138. The maximum absolute atomic E-state index is 13.4. The number of amides is 2. The fourth-order valence-corrected chi connectivity index (χ4v) is 4.01. The van der Waals surface area contributed by atoms with E-state index in [2.05, 4.69) is 6.92 Å². The van der Waals surface area contributed by atoms with Gasteiger partial charge in [0, 0.05) is 19.3 Å². The zero-order valence-corrected chi connectivity index (χ0v) is 18.0. The molecule has 31 heavy (non-hydrogen) atoms. The maximum Gasteiger partial charge on any atom is 0.278 e. The predicted octanol–water partition coefficient (Wildman–Crippen LogP) is 3.87. The fraction of sp³-hybridized carbons (Fsp3) is 0.360. The molecule has 2 aromatic rings. The van der Waals surface area contributed by atoms with Crippen molar-refractivity contribution in [3.05, 3.63) is 65.9 Å². The summed E-state index contributed by atoms with van der Waals surface area (Å²) in [5.41, 5.74) is 2.35. The highest BCUT2D eigenvalue weighted by Gasteiger charge is 2.42. The summed E-state index contributed by atoms with van der Waals surface area (Å²) in [5, 5.41) is 0. The van der Waals surface area contributed by atoms with Crippen molar-refractivity contribution in [3.8, 4) is 5.75 Å². The summed E-state index contributed by atoms with van der Waals surface area (Å²) in [6.45, 7) is 3.65. The SMILES string of the molecule is CCCOc1ccc(C2=C(N(C)c3ccccc3)C(=O)N(CC3CCCO3)C2=O)cc1. The average Bonchev–Trinajstić information content (AvgIpc) is 3.40. The van der Waals surface area contributed by atoms with Gasteiger partial charge in [-0.05, 0) is 49.1 Å². The minimum absolute atomic E-state index is 0.0969. The van der Waals surface area contributed by atoms with E-state index in [4.69, 9.17) is 9.47 Å². The van der Waals surface area contributed by atoms with Gasteiger partial charge >= 0.3 is 0 Å². The van der Waals surface area contributed by atoms with Crippen molar-refractivity contribution in [3.63, 3.8) is 0 Å². The van der Waals surface area contributed by atoms with Crippen LogP contribution in [0, 0.1) is 0 Å². The van der Waals surface area contributed by atoms with Crippen LogP contribution in [0.15, 0.2) is 60.3 Å². The van der Waals surface area contributed by atoms with Crippen LogP contribution in [0.1, 0.15) is 31.7 Å².